The molecule has 1 aromatic heterocycles. The third kappa shape index (κ3) is 2.88. The molecular formula is C18H17FN2S. The molecule has 0 aliphatic carbocycles. The van der Waals surface area contributed by atoms with E-state index >= 15 is 0 Å². The zero-order valence-electron chi connectivity index (χ0n) is 12.8. The van der Waals surface area contributed by atoms with Crippen molar-refractivity contribution in [2.45, 2.75) is 20.8 Å². The third-order valence-electron chi connectivity index (χ3n) is 3.55. The second kappa shape index (κ2) is 5.89. The molecule has 0 bridgehead atoms. The van der Waals surface area contributed by atoms with E-state index in [0.717, 1.165) is 16.1 Å². The van der Waals surface area contributed by atoms with Gasteiger partial charge in [0.05, 0.1) is 11.4 Å². The van der Waals surface area contributed by atoms with Crippen LogP contribution in [0.2, 0.25) is 0 Å². The van der Waals surface area contributed by atoms with Gasteiger partial charge in [-0.15, -0.1) is 11.3 Å². The molecule has 1 N–H and O–H groups in total. The largest absolute Gasteiger partial charge is 0.329 e. The summed E-state index contributed by atoms with van der Waals surface area (Å²) in [7, 11) is 0. The van der Waals surface area contributed by atoms with E-state index in [-0.39, 0.29) is 5.82 Å². The number of nitrogens with zero attached hydrogens (tertiary/aromatic N) is 1. The van der Waals surface area contributed by atoms with Gasteiger partial charge in [0.1, 0.15) is 5.82 Å². The van der Waals surface area contributed by atoms with Crippen LogP contribution >= 0.6 is 11.3 Å². The molecular weight excluding hydrogens is 295 g/mol. The van der Waals surface area contributed by atoms with Crippen LogP contribution in [0.5, 0.6) is 0 Å². The summed E-state index contributed by atoms with van der Waals surface area (Å²) >= 11 is 1.54. The summed E-state index contributed by atoms with van der Waals surface area (Å²) in [6, 6.07) is 13.0. The smallest absolute Gasteiger partial charge is 0.188 e. The number of anilines is 2. The Morgan fingerprint density at radius 2 is 1.82 bits per heavy atom. The zero-order chi connectivity index (χ0) is 15.7. The van der Waals surface area contributed by atoms with Crippen molar-refractivity contribution >= 4 is 22.2 Å². The molecule has 0 atom stereocenters. The van der Waals surface area contributed by atoms with Crippen molar-refractivity contribution in [1.82, 2.24) is 4.98 Å². The second-order valence-corrected chi connectivity index (χ2v) is 6.55. The van der Waals surface area contributed by atoms with E-state index in [1.54, 1.807) is 18.2 Å². The highest BCUT2D eigenvalue weighted by atomic mass is 32.1. The van der Waals surface area contributed by atoms with E-state index in [0.29, 0.717) is 10.8 Å². The van der Waals surface area contributed by atoms with Gasteiger partial charge in [-0.05, 0) is 38.5 Å². The summed E-state index contributed by atoms with van der Waals surface area (Å²) in [5.41, 5.74) is 4.97. The average molecular weight is 312 g/mol. The molecule has 4 heteroatoms. The first kappa shape index (κ1) is 14.7. The second-order valence-electron chi connectivity index (χ2n) is 5.35. The number of hydrogen-bond donors (Lipinski definition) is 1. The molecule has 22 heavy (non-hydrogen) atoms. The lowest BCUT2D eigenvalue weighted by molar-refractivity contribution is 0.632. The van der Waals surface area contributed by atoms with Crippen LogP contribution in [0.3, 0.4) is 0 Å². The van der Waals surface area contributed by atoms with E-state index in [9.17, 15) is 4.39 Å². The molecule has 0 radical (unpaired) electrons. The molecule has 2 nitrogen and oxygen atoms in total. The molecule has 0 amide bonds. The van der Waals surface area contributed by atoms with Gasteiger partial charge in [0.2, 0.25) is 0 Å². The Morgan fingerprint density at radius 1 is 1.05 bits per heavy atom. The highest BCUT2D eigenvalue weighted by molar-refractivity contribution is 7.16. The van der Waals surface area contributed by atoms with E-state index in [4.69, 9.17) is 0 Å². The first-order chi connectivity index (χ1) is 10.5. The molecule has 0 saturated carbocycles. The molecule has 1 heterocycles. The molecule has 0 aliphatic heterocycles. The molecule has 112 valence electrons. The van der Waals surface area contributed by atoms with Crippen LogP contribution in [0.15, 0.2) is 42.5 Å². The molecule has 0 fully saturated rings. The number of rotatable bonds is 3. The number of aryl methyl sites for hydroxylation is 3. The van der Waals surface area contributed by atoms with Crippen molar-refractivity contribution < 1.29 is 4.39 Å². The molecule has 3 rings (SSSR count). The fourth-order valence-corrected chi connectivity index (χ4v) is 3.30. The maximum Gasteiger partial charge on any atom is 0.188 e. The van der Waals surface area contributed by atoms with Gasteiger partial charge in [-0.3, -0.25) is 0 Å². The van der Waals surface area contributed by atoms with Crippen molar-refractivity contribution in [2.24, 2.45) is 0 Å². The molecule has 0 spiro atoms. The van der Waals surface area contributed by atoms with Gasteiger partial charge in [-0.1, -0.05) is 35.9 Å². The lowest BCUT2D eigenvalue weighted by atomic mass is 10.0. The van der Waals surface area contributed by atoms with Gasteiger partial charge >= 0.3 is 0 Å². The van der Waals surface area contributed by atoms with Gasteiger partial charge in [-0.2, -0.15) is 0 Å². The number of thiazole rings is 1. The van der Waals surface area contributed by atoms with E-state index in [1.807, 2.05) is 6.92 Å². The van der Waals surface area contributed by atoms with E-state index in [1.165, 1.54) is 28.5 Å². The van der Waals surface area contributed by atoms with Crippen LogP contribution in [0, 0.1) is 26.6 Å². The summed E-state index contributed by atoms with van der Waals surface area (Å²) in [4.78, 5) is 5.76. The number of nitrogens with one attached hydrogen (secondary N) is 1. The first-order valence-corrected chi connectivity index (χ1v) is 7.93. The number of para-hydroxylation sites is 1. The lowest BCUT2D eigenvalue weighted by Gasteiger charge is -2.05. The van der Waals surface area contributed by atoms with Crippen molar-refractivity contribution in [3.05, 3.63) is 64.3 Å². The maximum atomic E-state index is 13.7. The molecule has 2 aromatic carbocycles. The minimum absolute atomic E-state index is 0.275. The summed E-state index contributed by atoms with van der Waals surface area (Å²) in [5, 5.41) is 3.77. The van der Waals surface area contributed by atoms with E-state index < -0.39 is 0 Å². The van der Waals surface area contributed by atoms with Crippen LogP contribution in [-0.2, 0) is 0 Å². The normalized spacial score (nSPS) is 10.7. The third-order valence-corrected chi connectivity index (χ3v) is 4.44. The van der Waals surface area contributed by atoms with Gasteiger partial charge in [0.25, 0.3) is 0 Å². The first-order valence-electron chi connectivity index (χ1n) is 7.11. The Morgan fingerprint density at radius 3 is 2.55 bits per heavy atom. The predicted molar refractivity (Wildman–Crippen MR) is 91.4 cm³/mol. The van der Waals surface area contributed by atoms with Crippen molar-refractivity contribution in [3.8, 4) is 11.3 Å². The summed E-state index contributed by atoms with van der Waals surface area (Å²) in [6.07, 6.45) is 0. The van der Waals surface area contributed by atoms with Crippen molar-refractivity contribution in [1.29, 1.82) is 0 Å². The molecule has 3 aromatic rings. The summed E-state index contributed by atoms with van der Waals surface area (Å²) < 4.78 is 13.7. The number of benzene rings is 2. The average Bonchev–Trinajstić information content (AvgIpc) is 2.82. The summed E-state index contributed by atoms with van der Waals surface area (Å²) in [6.45, 7) is 6.21. The predicted octanol–water partition coefficient (Wildman–Crippen LogP) is 5.62. The monoisotopic (exact) mass is 312 g/mol. The highest BCUT2D eigenvalue weighted by Crippen LogP contribution is 2.34. The van der Waals surface area contributed by atoms with Crippen LogP contribution in [-0.4, -0.2) is 4.98 Å². The van der Waals surface area contributed by atoms with Gasteiger partial charge in [0.15, 0.2) is 5.13 Å². The number of halogens is 1. The van der Waals surface area contributed by atoms with Gasteiger partial charge < -0.3 is 5.32 Å². The Balaban J connectivity index is 1.96. The number of aromatic nitrogens is 1. The minimum atomic E-state index is -0.275. The Hall–Kier alpha value is -2.20. The molecule has 0 saturated heterocycles. The van der Waals surface area contributed by atoms with Crippen LogP contribution < -0.4 is 5.32 Å². The Labute approximate surface area is 133 Å². The van der Waals surface area contributed by atoms with Crippen LogP contribution in [0.4, 0.5) is 15.2 Å². The van der Waals surface area contributed by atoms with Crippen molar-refractivity contribution in [2.75, 3.05) is 5.32 Å². The minimum Gasteiger partial charge on any atom is -0.329 e. The quantitative estimate of drug-likeness (QED) is 0.679. The lowest BCUT2D eigenvalue weighted by Crippen LogP contribution is -1.93. The van der Waals surface area contributed by atoms with Crippen LogP contribution in [0.25, 0.3) is 11.3 Å². The standard InChI is InChI=1S/C18H17FN2S/c1-11-8-9-14(12(2)10-11)17-13(3)22-18(21-17)20-16-7-5-4-6-15(16)19/h4-10H,1-3H3,(H,20,21). The SMILES string of the molecule is Cc1ccc(-c2nc(Nc3ccccc3F)sc2C)c(C)c1. The fraction of sp³-hybridized carbons (Fsp3) is 0.167. The molecule has 0 aliphatic rings. The van der Waals surface area contributed by atoms with Gasteiger partial charge in [0, 0.05) is 10.4 Å². The highest BCUT2D eigenvalue weighted by Gasteiger charge is 2.13. The van der Waals surface area contributed by atoms with Gasteiger partial charge in [-0.25, -0.2) is 9.37 Å². The van der Waals surface area contributed by atoms with Crippen molar-refractivity contribution in [3.63, 3.8) is 0 Å². The number of hydrogen-bond acceptors (Lipinski definition) is 3. The van der Waals surface area contributed by atoms with E-state index in [2.05, 4.69) is 42.3 Å². The zero-order valence-corrected chi connectivity index (χ0v) is 13.6. The maximum absolute atomic E-state index is 13.7. The summed E-state index contributed by atoms with van der Waals surface area (Å²) in [5.74, 6) is -0.275. The topological polar surface area (TPSA) is 24.9 Å². The Kier molecular flexibility index (Phi) is 3.94. The van der Waals surface area contributed by atoms with Crippen LogP contribution in [0.1, 0.15) is 16.0 Å². The fourth-order valence-electron chi connectivity index (χ4n) is 2.46. The molecule has 0 unspecified atom stereocenters. The Bertz CT molecular complexity index is 824.